The van der Waals surface area contributed by atoms with E-state index in [-0.39, 0.29) is 30.5 Å². The van der Waals surface area contributed by atoms with Crippen LogP contribution in [0.1, 0.15) is 44.5 Å². The highest BCUT2D eigenvalue weighted by molar-refractivity contribution is 5.95. The highest BCUT2D eigenvalue weighted by Gasteiger charge is 2.07. The number of carbonyl (C=O) groups is 2. The van der Waals surface area contributed by atoms with Crippen LogP contribution in [0.15, 0.2) is 48.5 Å². The minimum Gasteiger partial charge on any atom is -0.491 e. The second kappa shape index (κ2) is 10.3. The average molecular weight is 383 g/mol. The summed E-state index contributed by atoms with van der Waals surface area (Å²) in [4.78, 5) is 24.1. The van der Waals surface area contributed by atoms with Crippen LogP contribution >= 0.6 is 0 Å². The highest BCUT2D eigenvalue weighted by Crippen LogP contribution is 2.17. The number of rotatable bonds is 9. The topological polar surface area (TPSA) is 79.5 Å². The maximum atomic E-state index is 12.1. The van der Waals surface area contributed by atoms with Gasteiger partial charge in [-0.3, -0.25) is 9.59 Å². The fourth-order valence-electron chi connectivity index (χ4n) is 2.40. The van der Waals surface area contributed by atoms with Crippen molar-refractivity contribution in [3.63, 3.8) is 0 Å². The van der Waals surface area contributed by atoms with E-state index in [0.29, 0.717) is 11.3 Å². The molecule has 1 atom stereocenters. The van der Waals surface area contributed by atoms with Crippen molar-refractivity contribution in [3.8, 4) is 5.75 Å². The summed E-state index contributed by atoms with van der Waals surface area (Å²) in [5.41, 5.74) is 2.07. The summed E-state index contributed by atoms with van der Waals surface area (Å²) in [5.74, 6) is 0.518. The number of nitrogens with one attached hydrogen (secondary N) is 3. The van der Waals surface area contributed by atoms with E-state index >= 15 is 0 Å². The summed E-state index contributed by atoms with van der Waals surface area (Å²) in [6, 6.07) is 14.4. The quantitative estimate of drug-likeness (QED) is 0.610. The smallest absolute Gasteiger partial charge is 0.251 e. The number of anilines is 2. The lowest BCUT2D eigenvalue weighted by molar-refractivity contribution is -0.114. The van der Waals surface area contributed by atoms with Crippen molar-refractivity contribution < 1.29 is 14.3 Å². The first kappa shape index (κ1) is 21.3. The van der Waals surface area contributed by atoms with Gasteiger partial charge in [0.05, 0.1) is 12.6 Å². The van der Waals surface area contributed by atoms with E-state index in [1.165, 1.54) is 0 Å². The second-order valence-electron chi connectivity index (χ2n) is 6.97. The lowest BCUT2D eigenvalue weighted by Crippen LogP contribution is -2.30. The van der Waals surface area contributed by atoms with Crippen LogP contribution in [0.3, 0.4) is 0 Å². The van der Waals surface area contributed by atoms with Crippen LogP contribution in [0.5, 0.6) is 5.75 Å². The lowest BCUT2D eigenvalue weighted by Gasteiger charge is -2.13. The van der Waals surface area contributed by atoms with Gasteiger partial charge in [-0.2, -0.15) is 0 Å². The van der Waals surface area contributed by atoms with E-state index in [2.05, 4.69) is 22.9 Å². The normalized spacial score (nSPS) is 11.6. The second-order valence-corrected chi connectivity index (χ2v) is 6.97. The predicted octanol–water partition coefficient (Wildman–Crippen LogP) is 4.05. The molecular formula is C22H29N3O3. The van der Waals surface area contributed by atoms with Gasteiger partial charge in [0.1, 0.15) is 5.75 Å². The van der Waals surface area contributed by atoms with Crippen molar-refractivity contribution in [1.29, 1.82) is 0 Å². The molecule has 6 nitrogen and oxygen atoms in total. The molecule has 28 heavy (non-hydrogen) atoms. The summed E-state index contributed by atoms with van der Waals surface area (Å²) in [5, 5.41) is 8.73. The monoisotopic (exact) mass is 383 g/mol. The van der Waals surface area contributed by atoms with Crippen molar-refractivity contribution in [1.82, 2.24) is 5.32 Å². The number of hydrogen-bond acceptors (Lipinski definition) is 4. The van der Waals surface area contributed by atoms with E-state index in [1.807, 2.05) is 45.0 Å². The van der Waals surface area contributed by atoms with Crippen LogP contribution in [0, 0.1) is 0 Å². The highest BCUT2D eigenvalue weighted by atomic mass is 16.5. The number of hydrogen-bond donors (Lipinski definition) is 3. The molecule has 2 rings (SSSR count). The minimum atomic E-state index is -0.155. The van der Waals surface area contributed by atoms with Gasteiger partial charge >= 0.3 is 0 Å². The molecule has 2 aromatic rings. The molecule has 1 unspecified atom stereocenters. The largest absolute Gasteiger partial charge is 0.491 e. The Hall–Kier alpha value is -3.02. The Bertz CT molecular complexity index is 771. The fourth-order valence-corrected chi connectivity index (χ4v) is 2.40. The Labute approximate surface area is 166 Å². The summed E-state index contributed by atoms with van der Waals surface area (Å²) < 4.78 is 5.72. The maximum Gasteiger partial charge on any atom is 0.251 e. The lowest BCUT2D eigenvalue weighted by atomic mass is 10.2. The third-order valence-electron chi connectivity index (χ3n) is 4.07. The Balaban J connectivity index is 1.81. The third-order valence-corrected chi connectivity index (χ3v) is 4.07. The van der Waals surface area contributed by atoms with Crippen LogP contribution in [-0.2, 0) is 4.79 Å². The first-order valence-corrected chi connectivity index (χ1v) is 9.58. The summed E-state index contributed by atoms with van der Waals surface area (Å²) >= 11 is 0. The molecule has 0 aliphatic rings. The number of amides is 2. The standard InChI is InChI=1S/C22H29N3O3/c1-5-16(4)28-20-12-10-19(11-13-20)25-21(26)14-23-18-8-6-17(7-9-18)22(27)24-15(2)3/h6-13,15-16,23H,5,14H2,1-4H3,(H,24,27)(H,25,26). The molecule has 2 aromatic carbocycles. The molecule has 6 heteroatoms. The minimum absolute atomic E-state index is 0.0877. The van der Waals surface area contributed by atoms with Gasteiger partial charge in [0.25, 0.3) is 5.91 Å². The van der Waals surface area contributed by atoms with Gasteiger partial charge in [0, 0.05) is 23.0 Å². The molecule has 0 aliphatic carbocycles. The van der Waals surface area contributed by atoms with Gasteiger partial charge in [-0.25, -0.2) is 0 Å². The van der Waals surface area contributed by atoms with E-state index in [1.54, 1.807) is 24.3 Å². The Kier molecular flexibility index (Phi) is 7.87. The van der Waals surface area contributed by atoms with E-state index < -0.39 is 0 Å². The zero-order valence-corrected chi connectivity index (χ0v) is 16.9. The van der Waals surface area contributed by atoms with Gasteiger partial charge < -0.3 is 20.7 Å². The Morgan fingerprint density at radius 2 is 1.54 bits per heavy atom. The van der Waals surface area contributed by atoms with Crippen molar-refractivity contribution in [2.45, 2.75) is 46.3 Å². The predicted molar refractivity (Wildman–Crippen MR) is 113 cm³/mol. The van der Waals surface area contributed by atoms with Gasteiger partial charge in [-0.15, -0.1) is 0 Å². The molecule has 0 heterocycles. The van der Waals surface area contributed by atoms with Crippen molar-refractivity contribution in [3.05, 3.63) is 54.1 Å². The van der Waals surface area contributed by atoms with E-state index in [4.69, 9.17) is 4.74 Å². The molecule has 3 N–H and O–H groups in total. The number of ether oxygens (including phenoxy) is 1. The van der Waals surface area contributed by atoms with Crippen LogP contribution in [0.4, 0.5) is 11.4 Å². The molecule has 0 bridgehead atoms. The van der Waals surface area contributed by atoms with E-state index in [9.17, 15) is 9.59 Å². The third kappa shape index (κ3) is 6.95. The van der Waals surface area contributed by atoms with Crippen LogP contribution in [0.2, 0.25) is 0 Å². The summed E-state index contributed by atoms with van der Waals surface area (Å²) in [6.45, 7) is 8.05. The molecule has 0 saturated carbocycles. The van der Waals surface area contributed by atoms with Crippen LogP contribution in [0.25, 0.3) is 0 Å². The van der Waals surface area contributed by atoms with Crippen LogP contribution in [-0.4, -0.2) is 30.5 Å². The first-order chi connectivity index (χ1) is 13.4. The zero-order chi connectivity index (χ0) is 20.5. The average Bonchev–Trinajstić information content (AvgIpc) is 2.67. The molecule has 2 amide bonds. The molecule has 150 valence electrons. The van der Waals surface area contributed by atoms with Gasteiger partial charge in [0.15, 0.2) is 0 Å². The molecule has 0 radical (unpaired) electrons. The fraction of sp³-hybridized carbons (Fsp3) is 0.364. The molecule has 0 fully saturated rings. The summed E-state index contributed by atoms with van der Waals surface area (Å²) in [7, 11) is 0. The molecule has 0 saturated heterocycles. The number of carbonyl (C=O) groups excluding carboxylic acids is 2. The molecule has 0 aliphatic heterocycles. The zero-order valence-electron chi connectivity index (χ0n) is 16.9. The van der Waals surface area contributed by atoms with Crippen molar-refractivity contribution >= 4 is 23.2 Å². The Morgan fingerprint density at radius 3 is 2.11 bits per heavy atom. The molecular weight excluding hydrogens is 354 g/mol. The van der Waals surface area contributed by atoms with Gasteiger partial charge in [0.2, 0.25) is 5.91 Å². The Morgan fingerprint density at radius 1 is 0.929 bits per heavy atom. The first-order valence-electron chi connectivity index (χ1n) is 9.58. The molecule has 0 aromatic heterocycles. The SMILES string of the molecule is CCC(C)Oc1ccc(NC(=O)CNc2ccc(C(=O)NC(C)C)cc2)cc1. The van der Waals surface area contributed by atoms with Crippen LogP contribution < -0.4 is 20.7 Å². The molecule has 0 spiro atoms. The summed E-state index contributed by atoms with van der Waals surface area (Å²) in [6.07, 6.45) is 1.10. The van der Waals surface area contributed by atoms with Gasteiger partial charge in [-0.05, 0) is 75.7 Å². The van der Waals surface area contributed by atoms with Crippen molar-refractivity contribution in [2.75, 3.05) is 17.2 Å². The van der Waals surface area contributed by atoms with Gasteiger partial charge in [-0.1, -0.05) is 6.92 Å². The maximum absolute atomic E-state index is 12.1. The van der Waals surface area contributed by atoms with E-state index in [0.717, 1.165) is 17.9 Å². The van der Waals surface area contributed by atoms with Crippen molar-refractivity contribution in [2.24, 2.45) is 0 Å². The number of benzene rings is 2.